The molecule has 4 amide bonds. The summed E-state index contributed by atoms with van der Waals surface area (Å²) in [5.74, 6) is -1.03. The first-order valence-electron chi connectivity index (χ1n) is 10.6. The van der Waals surface area contributed by atoms with E-state index in [9.17, 15) is 19.2 Å². The van der Waals surface area contributed by atoms with E-state index < -0.39 is 30.4 Å². The molecule has 178 valence electrons. The van der Waals surface area contributed by atoms with Gasteiger partial charge in [-0.15, -0.1) is 0 Å². The van der Waals surface area contributed by atoms with Gasteiger partial charge in [0.2, 0.25) is 0 Å². The van der Waals surface area contributed by atoms with Crippen LogP contribution in [0.3, 0.4) is 0 Å². The van der Waals surface area contributed by atoms with Crippen LogP contribution in [-0.4, -0.2) is 43.6 Å². The van der Waals surface area contributed by atoms with E-state index in [0.717, 1.165) is 0 Å². The van der Waals surface area contributed by atoms with Crippen LogP contribution in [0.5, 0.6) is 11.5 Å². The van der Waals surface area contributed by atoms with Crippen molar-refractivity contribution in [1.82, 2.24) is 5.32 Å². The van der Waals surface area contributed by atoms with Crippen molar-refractivity contribution in [2.75, 3.05) is 30.5 Å². The Labute approximate surface area is 200 Å². The van der Waals surface area contributed by atoms with Crippen molar-refractivity contribution in [3.63, 3.8) is 0 Å². The predicted molar refractivity (Wildman–Crippen MR) is 126 cm³/mol. The Morgan fingerprint density at radius 1 is 0.800 bits per heavy atom. The molecule has 10 heteroatoms. The smallest absolute Gasteiger partial charge is 0.340 e. The number of urea groups is 1. The second-order valence-corrected chi connectivity index (χ2v) is 7.30. The number of benzene rings is 3. The Balaban J connectivity index is 1.29. The molecule has 0 radical (unpaired) electrons. The summed E-state index contributed by atoms with van der Waals surface area (Å²) in [6.07, 6.45) is 0. The quantitative estimate of drug-likeness (QED) is 0.467. The third-order valence-electron chi connectivity index (χ3n) is 4.82. The average molecular weight is 475 g/mol. The molecule has 3 aromatic rings. The van der Waals surface area contributed by atoms with Gasteiger partial charge < -0.3 is 24.8 Å². The van der Waals surface area contributed by atoms with Gasteiger partial charge in [0.15, 0.2) is 18.1 Å². The fraction of sp³-hybridized carbons (Fsp3) is 0.120. The lowest BCUT2D eigenvalue weighted by Gasteiger charge is -2.19. The van der Waals surface area contributed by atoms with E-state index in [1.165, 1.54) is 12.1 Å². The van der Waals surface area contributed by atoms with Gasteiger partial charge in [-0.3, -0.25) is 14.9 Å². The third kappa shape index (κ3) is 6.14. The van der Waals surface area contributed by atoms with Crippen molar-refractivity contribution in [2.45, 2.75) is 0 Å². The standard InChI is InChI=1S/C25H21N3O7/c29-22(28-25(32)26-17-10-11-20-21(14-17)34-13-12-33-20)15-35-24(31)18-8-4-5-9-19(18)27-23(30)16-6-2-1-3-7-16/h1-11,14H,12-13,15H2,(H,27,30)(H2,26,28,29,32). The van der Waals surface area contributed by atoms with Crippen LogP contribution >= 0.6 is 0 Å². The van der Waals surface area contributed by atoms with Gasteiger partial charge in [-0.25, -0.2) is 9.59 Å². The molecule has 10 nitrogen and oxygen atoms in total. The predicted octanol–water partition coefficient (Wildman–Crippen LogP) is 3.22. The Hall–Kier alpha value is -4.86. The van der Waals surface area contributed by atoms with Crippen LogP contribution < -0.4 is 25.4 Å². The molecule has 0 unspecified atom stereocenters. The van der Waals surface area contributed by atoms with E-state index >= 15 is 0 Å². The van der Waals surface area contributed by atoms with E-state index in [-0.39, 0.29) is 11.3 Å². The molecule has 4 rings (SSSR count). The zero-order chi connectivity index (χ0) is 24.6. The molecule has 35 heavy (non-hydrogen) atoms. The maximum absolute atomic E-state index is 12.5. The van der Waals surface area contributed by atoms with Gasteiger partial charge in [-0.05, 0) is 36.4 Å². The van der Waals surface area contributed by atoms with Gasteiger partial charge in [0.25, 0.3) is 11.8 Å². The molecule has 0 fully saturated rings. The number of para-hydroxylation sites is 1. The Morgan fingerprint density at radius 2 is 1.51 bits per heavy atom. The number of fused-ring (bicyclic) bond motifs is 1. The molecule has 1 aliphatic rings. The lowest BCUT2D eigenvalue weighted by molar-refractivity contribution is -0.123. The maximum atomic E-state index is 12.5. The van der Waals surface area contributed by atoms with Crippen molar-refractivity contribution in [2.24, 2.45) is 0 Å². The highest BCUT2D eigenvalue weighted by atomic mass is 16.6. The van der Waals surface area contributed by atoms with E-state index in [2.05, 4.69) is 16.0 Å². The number of carbonyl (C=O) groups excluding carboxylic acids is 4. The Bertz CT molecular complexity index is 1260. The van der Waals surface area contributed by atoms with Crippen LogP contribution in [0, 0.1) is 0 Å². The first-order chi connectivity index (χ1) is 17.0. The van der Waals surface area contributed by atoms with Crippen LogP contribution in [0.1, 0.15) is 20.7 Å². The minimum absolute atomic E-state index is 0.0605. The fourth-order valence-electron chi connectivity index (χ4n) is 3.21. The number of esters is 1. The summed E-state index contributed by atoms with van der Waals surface area (Å²) in [4.78, 5) is 49.1. The van der Waals surface area contributed by atoms with E-state index in [1.54, 1.807) is 60.7 Å². The summed E-state index contributed by atoms with van der Waals surface area (Å²) in [6.45, 7) is 0.136. The minimum atomic E-state index is -0.837. The second kappa shape index (κ2) is 10.8. The number of ether oxygens (including phenoxy) is 3. The SMILES string of the molecule is O=C(COC(=O)c1ccccc1NC(=O)c1ccccc1)NC(=O)Nc1ccc2c(c1)OCCO2. The highest BCUT2D eigenvalue weighted by Crippen LogP contribution is 2.32. The molecule has 1 heterocycles. The summed E-state index contributed by atoms with van der Waals surface area (Å²) in [5.41, 5.74) is 1.09. The van der Waals surface area contributed by atoms with Crippen molar-refractivity contribution in [3.8, 4) is 11.5 Å². The lowest BCUT2D eigenvalue weighted by Crippen LogP contribution is -2.37. The topological polar surface area (TPSA) is 132 Å². The molecule has 0 saturated carbocycles. The zero-order valence-corrected chi connectivity index (χ0v) is 18.4. The van der Waals surface area contributed by atoms with Crippen LogP contribution in [-0.2, 0) is 9.53 Å². The molecular weight excluding hydrogens is 454 g/mol. The average Bonchev–Trinajstić information content (AvgIpc) is 2.88. The molecule has 3 N–H and O–H groups in total. The molecule has 0 atom stereocenters. The molecular formula is C25H21N3O7. The summed E-state index contributed by atoms with van der Waals surface area (Å²) in [5, 5.41) is 7.22. The normalized spacial score (nSPS) is 11.7. The second-order valence-electron chi connectivity index (χ2n) is 7.30. The van der Waals surface area contributed by atoms with E-state index in [4.69, 9.17) is 14.2 Å². The summed E-state index contributed by atoms with van der Waals surface area (Å²) in [7, 11) is 0. The highest BCUT2D eigenvalue weighted by molar-refractivity contribution is 6.08. The van der Waals surface area contributed by atoms with Gasteiger partial charge in [0, 0.05) is 17.3 Å². The number of hydrogen-bond acceptors (Lipinski definition) is 7. The van der Waals surface area contributed by atoms with Gasteiger partial charge in [-0.2, -0.15) is 0 Å². The summed E-state index contributed by atoms with van der Waals surface area (Å²) >= 11 is 0. The number of nitrogens with one attached hydrogen (secondary N) is 3. The van der Waals surface area contributed by atoms with Crippen LogP contribution in [0.15, 0.2) is 72.8 Å². The number of rotatable bonds is 6. The number of imide groups is 1. The number of hydrogen-bond donors (Lipinski definition) is 3. The van der Waals surface area contributed by atoms with Crippen LogP contribution in [0.4, 0.5) is 16.2 Å². The molecule has 0 aromatic heterocycles. The Kier molecular flexibility index (Phi) is 7.22. The third-order valence-corrected chi connectivity index (χ3v) is 4.82. The van der Waals surface area contributed by atoms with Crippen molar-refractivity contribution in [3.05, 3.63) is 83.9 Å². The first kappa shape index (κ1) is 23.3. The number of amides is 4. The maximum Gasteiger partial charge on any atom is 0.340 e. The molecule has 0 bridgehead atoms. The minimum Gasteiger partial charge on any atom is -0.486 e. The highest BCUT2D eigenvalue weighted by Gasteiger charge is 2.18. The van der Waals surface area contributed by atoms with Gasteiger partial charge >= 0.3 is 12.0 Å². The monoisotopic (exact) mass is 475 g/mol. The van der Waals surface area contributed by atoms with Gasteiger partial charge in [0.1, 0.15) is 13.2 Å². The van der Waals surface area contributed by atoms with Crippen molar-refractivity contribution in [1.29, 1.82) is 0 Å². The number of anilines is 2. The fourth-order valence-corrected chi connectivity index (χ4v) is 3.21. The van der Waals surface area contributed by atoms with Gasteiger partial charge in [-0.1, -0.05) is 30.3 Å². The van der Waals surface area contributed by atoms with Crippen LogP contribution in [0.2, 0.25) is 0 Å². The number of carbonyl (C=O) groups is 4. The molecule has 0 aliphatic carbocycles. The Morgan fingerprint density at radius 3 is 2.31 bits per heavy atom. The van der Waals surface area contributed by atoms with Crippen molar-refractivity contribution < 1.29 is 33.4 Å². The van der Waals surface area contributed by atoms with E-state index in [0.29, 0.717) is 36.0 Å². The van der Waals surface area contributed by atoms with Gasteiger partial charge in [0.05, 0.1) is 11.3 Å². The lowest BCUT2D eigenvalue weighted by atomic mass is 10.1. The van der Waals surface area contributed by atoms with E-state index in [1.807, 2.05) is 0 Å². The molecule has 3 aromatic carbocycles. The largest absolute Gasteiger partial charge is 0.486 e. The molecule has 0 saturated heterocycles. The first-order valence-corrected chi connectivity index (χ1v) is 10.6. The summed E-state index contributed by atoms with van der Waals surface area (Å²) < 4.78 is 15.9. The summed E-state index contributed by atoms with van der Waals surface area (Å²) in [6, 6.07) is 18.7. The molecule has 1 aliphatic heterocycles. The zero-order valence-electron chi connectivity index (χ0n) is 18.4. The van der Waals surface area contributed by atoms with Crippen molar-refractivity contribution >= 4 is 35.2 Å². The van der Waals surface area contributed by atoms with Crippen LogP contribution in [0.25, 0.3) is 0 Å². The molecule has 0 spiro atoms.